The van der Waals surface area contributed by atoms with Gasteiger partial charge in [0.2, 0.25) is 0 Å². The van der Waals surface area contributed by atoms with E-state index in [1.807, 2.05) is 0 Å². The minimum Gasteiger partial charge on any atom is -0.393 e. The summed E-state index contributed by atoms with van der Waals surface area (Å²) < 4.78 is 0. The molecule has 138 valence electrons. The zero-order valence-electron chi connectivity index (χ0n) is 16.0. The average Bonchev–Trinajstić information content (AvgIpc) is 2.55. The summed E-state index contributed by atoms with van der Waals surface area (Å²) in [6, 6.07) is 0. The molecule has 0 rings (SSSR count). The van der Waals surface area contributed by atoms with Gasteiger partial charge in [0.25, 0.3) is 0 Å². The Labute approximate surface area is 149 Å². The SMILES string of the molecule is CCCCC/C=C/C/C=C/C/C=C/CC(C)C(O)CCCC(C)=O. The van der Waals surface area contributed by atoms with Gasteiger partial charge in [-0.25, -0.2) is 0 Å². The van der Waals surface area contributed by atoms with Crippen LogP contribution in [0.2, 0.25) is 0 Å². The van der Waals surface area contributed by atoms with Crippen molar-refractivity contribution >= 4 is 5.78 Å². The van der Waals surface area contributed by atoms with E-state index in [4.69, 9.17) is 0 Å². The quantitative estimate of drug-likeness (QED) is 0.287. The monoisotopic (exact) mass is 334 g/mol. The standard InChI is InChI=1S/C22H38O2/c1-4-5-6-7-8-9-10-11-12-13-14-15-17-20(2)22(24)19-16-18-21(3)23/h8-9,11-12,14-15,20,22,24H,4-7,10,13,16-19H2,1-3H3/b9-8+,12-11+,15-14+. The van der Waals surface area contributed by atoms with Gasteiger partial charge in [-0.3, -0.25) is 0 Å². The second-order valence-corrected chi connectivity index (χ2v) is 6.76. The third-order valence-corrected chi connectivity index (χ3v) is 4.21. The molecule has 1 N–H and O–H groups in total. The first-order chi connectivity index (χ1) is 11.6. The molecule has 0 saturated heterocycles. The van der Waals surface area contributed by atoms with Gasteiger partial charge in [-0.1, -0.05) is 63.1 Å². The number of carbonyl (C=O) groups excluding carboxylic acids is 1. The van der Waals surface area contributed by atoms with E-state index in [9.17, 15) is 9.90 Å². The third-order valence-electron chi connectivity index (χ3n) is 4.21. The average molecular weight is 335 g/mol. The fourth-order valence-corrected chi connectivity index (χ4v) is 2.48. The number of allylic oxidation sites excluding steroid dienone is 6. The number of Topliss-reactive ketones (excluding diaryl/α,β-unsaturated/α-hetero) is 1. The van der Waals surface area contributed by atoms with Crippen molar-refractivity contribution in [2.45, 2.75) is 91.1 Å². The molecule has 0 aromatic carbocycles. The van der Waals surface area contributed by atoms with Crippen molar-refractivity contribution < 1.29 is 9.90 Å². The van der Waals surface area contributed by atoms with Crippen LogP contribution in [0.25, 0.3) is 0 Å². The molecular formula is C22H38O2. The molecule has 0 aliphatic rings. The zero-order chi connectivity index (χ0) is 18.0. The van der Waals surface area contributed by atoms with Gasteiger partial charge in [0.1, 0.15) is 5.78 Å². The molecular weight excluding hydrogens is 296 g/mol. The molecule has 0 spiro atoms. The Balaban J connectivity index is 3.65. The largest absolute Gasteiger partial charge is 0.393 e. The molecule has 24 heavy (non-hydrogen) atoms. The Bertz CT molecular complexity index is 379. The van der Waals surface area contributed by atoms with Crippen LogP contribution in [0.5, 0.6) is 0 Å². The summed E-state index contributed by atoms with van der Waals surface area (Å²) in [6.45, 7) is 5.91. The van der Waals surface area contributed by atoms with Gasteiger partial charge in [-0.15, -0.1) is 0 Å². The highest BCUT2D eigenvalue weighted by Crippen LogP contribution is 2.15. The van der Waals surface area contributed by atoms with Gasteiger partial charge >= 0.3 is 0 Å². The number of carbonyl (C=O) groups is 1. The first-order valence-corrected chi connectivity index (χ1v) is 9.70. The summed E-state index contributed by atoms with van der Waals surface area (Å²) in [5.41, 5.74) is 0. The van der Waals surface area contributed by atoms with Crippen molar-refractivity contribution in [3.05, 3.63) is 36.5 Å². The van der Waals surface area contributed by atoms with E-state index in [0.717, 1.165) is 32.1 Å². The number of unbranched alkanes of at least 4 members (excludes halogenated alkanes) is 3. The number of aliphatic hydroxyl groups excluding tert-OH is 1. The van der Waals surface area contributed by atoms with Crippen LogP contribution in [-0.2, 0) is 4.79 Å². The highest BCUT2D eigenvalue weighted by Gasteiger charge is 2.12. The predicted octanol–water partition coefficient (Wildman–Crippen LogP) is 6.16. The fraction of sp³-hybridized carbons (Fsp3) is 0.682. The third kappa shape index (κ3) is 15.7. The molecule has 0 aromatic heterocycles. The molecule has 2 nitrogen and oxygen atoms in total. The molecule has 2 unspecified atom stereocenters. The molecule has 2 heteroatoms. The highest BCUT2D eigenvalue weighted by molar-refractivity contribution is 5.75. The molecule has 2 atom stereocenters. The lowest BCUT2D eigenvalue weighted by Crippen LogP contribution is -2.17. The lowest BCUT2D eigenvalue weighted by Gasteiger charge is -2.16. The maximum atomic E-state index is 10.9. The maximum Gasteiger partial charge on any atom is 0.129 e. The van der Waals surface area contributed by atoms with E-state index in [2.05, 4.69) is 50.3 Å². The number of rotatable bonds is 15. The predicted molar refractivity (Wildman–Crippen MR) is 105 cm³/mol. The molecule has 0 amide bonds. The number of hydrogen-bond acceptors (Lipinski definition) is 2. The van der Waals surface area contributed by atoms with Gasteiger partial charge in [0.05, 0.1) is 6.10 Å². The van der Waals surface area contributed by atoms with E-state index in [1.54, 1.807) is 6.92 Å². The van der Waals surface area contributed by atoms with Crippen LogP contribution in [-0.4, -0.2) is 17.0 Å². The Kier molecular flexibility index (Phi) is 15.9. The van der Waals surface area contributed by atoms with Crippen LogP contribution in [0, 0.1) is 5.92 Å². The van der Waals surface area contributed by atoms with Crippen LogP contribution < -0.4 is 0 Å². The Morgan fingerprint density at radius 1 is 0.958 bits per heavy atom. The van der Waals surface area contributed by atoms with Crippen LogP contribution in [0.4, 0.5) is 0 Å². The second-order valence-electron chi connectivity index (χ2n) is 6.76. The molecule has 0 heterocycles. The van der Waals surface area contributed by atoms with Crippen molar-refractivity contribution in [3.8, 4) is 0 Å². The minimum atomic E-state index is -0.303. The lowest BCUT2D eigenvalue weighted by atomic mass is 9.96. The van der Waals surface area contributed by atoms with Crippen molar-refractivity contribution in [1.82, 2.24) is 0 Å². The lowest BCUT2D eigenvalue weighted by molar-refractivity contribution is -0.117. The van der Waals surface area contributed by atoms with Crippen LogP contribution in [0.3, 0.4) is 0 Å². The van der Waals surface area contributed by atoms with Gasteiger partial charge in [-0.2, -0.15) is 0 Å². The van der Waals surface area contributed by atoms with Gasteiger partial charge < -0.3 is 9.90 Å². The normalized spacial score (nSPS) is 14.8. The number of ketones is 1. The Morgan fingerprint density at radius 2 is 1.58 bits per heavy atom. The summed E-state index contributed by atoms with van der Waals surface area (Å²) >= 11 is 0. The van der Waals surface area contributed by atoms with Crippen molar-refractivity contribution in [2.24, 2.45) is 5.92 Å². The van der Waals surface area contributed by atoms with Crippen LogP contribution in [0.1, 0.15) is 85.0 Å². The van der Waals surface area contributed by atoms with Crippen molar-refractivity contribution in [3.63, 3.8) is 0 Å². The smallest absolute Gasteiger partial charge is 0.129 e. The summed E-state index contributed by atoms with van der Waals surface area (Å²) in [4.78, 5) is 10.9. The molecule has 0 aliphatic heterocycles. The first-order valence-electron chi connectivity index (χ1n) is 9.70. The van der Waals surface area contributed by atoms with E-state index < -0.39 is 0 Å². The van der Waals surface area contributed by atoms with Gasteiger partial charge in [-0.05, 0) is 57.8 Å². The van der Waals surface area contributed by atoms with E-state index in [-0.39, 0.29) is 17.8 Å². The van der Waals surface area contributed by atoms with Crippen molar-refractivity contribution in [1.29, 1.82) is 0 Å². The second kappa shape index (κ2) is 16.7. The Hall–Kier alpha value is -1.15. The first kappa shape index (κ1) is 22.9. The van der Waals surface area contributed by atoms with Gasteiger partial charge in [0.15, 0.2) is 0 Å². The summed E-state index contributed by atoms with van der Waals surface area (Å²) in [7, 11) is 0. The molecule has 0 saturated carbocycles. The van der Waals surface area contributed by atoms with Crippen LogP contribution >= 0.6 is 0 Å². The summed E-state index contributed by atoms with van der Waals surface area (Å²) in [5, 5.41) is 10.0. The van der Waals surface area contributed by atoms with Crippen molar-refractivity contribution in [2.75, 3.05) is 0 Å². The molecule has 0 bridgehead atoms. The number of aliphatic hydroxyl groups is 1. The number of hydrogen-bond donors (Lipinski definition) is 1. The van der Waals surface area contributed by atoms with E-state index >= 15 is 0 Å². The molecule has 0 radical (unpaired) electrons. The van der Waals surface area contributed by atoms with Crippen LogP contribution in [0.15, 0.2) is 36.5 Å². The minimum absolute atomic E-state index is 0.206. The topological polar surface area (TPSA) is 37.3 Å². The highest BCUT2D eigenvalue weighted by atomic mass is 16.3. The maximum absolute atomic E-state index is 10.9. The summed E-state index contributed by atoms with van der Waals surface area (Å²) in [6.07, 6.45) is 23.0. The van der Waals surface area contributed by atoms with Gasteiger partial charge in [0, 0.05) is 6.42 Å². The zero-order valence-corrected chi connectivity index (χ0v) is 16.0. The van der Waals surface area contributed by atoms with E-state index in [0.29, 0.717) is 6.42 Å². The molecule has 0 aromatic rings. The fourth-order valence-electron chi connectivity index (χ4n) is 2.48. The summed E-state index contributed by atoms with van der Waals surface area (Å²) in [5.74, 6) is 0.459. The Morgan fingerprint density at radius 3 is 2.21 bits per heavy atom. The molecule has 0 aliphatic carbocycles. The molecule has 0 fully saturated rings. The van der Waals surface area contributed by atoms with E-state index in [1.165, 1.54) is 25.7 Å².